The normalized spacial score (nSPS) is 10.2. The van der Waals surface area contributed by atoms with Crippen LogP contribution in [-0.2, 0) is 6.42 Å². The molecule has 2 heteroatoms. The number of carbonyl (C=O) groups excluding carboxylic acids is 1. The summed E-state index contributed by atoms with van der Waals surface area (Å²) in [5.41, 5.74) is 2.61. The summed E-state index contributed by atoms with van der Waals surface area (Å²) < 4.78 is 0.913. The predicted molar refractivity (Wildman–Crippen MR) is 73.4 cm³/mol. The molecule has 86 valence electrons. The molecule has 0 aliphatic heterocycles. The van der Waals surface area contributed by atoms with Crippen LogP contribution in [0.2, 0.25) is 0 Å². The Morgan fingerprint density at radius 3 is 2.41 bits per heavy atom. The summed E-state index contributed by atoms with van der Waals surface area (Å²) in [5, 5.41) is 0. The first-order valence-electron chi connectivity index (χ1n) is 5.61. The van der Waals surface area contributed by atoms with Crippen LogP contribution >= 0.6 is 15.9 Å². The van der Waals surface area contributed by atoms with Gasteiger partial charge in [-0.3, -0.25) is 4.79 Å². The molecule has 0 bridgehead atoms. The van der Waals surface area contributed by atoms with Crippen LogP contribution in [0.5, 0.6) is 0 Å². The average Bonchev–Trinajstić information content (AvgIpc) is 2.39. The van der Waals surface area contributed by atoms with Crippen molar-refractivity contribution >= 4 is 21.7 Å². The number of hydrogen-bond donors (Lipinski definition) is 0. The molecule has 0 aromatic heterocycles. The summed E-state index contributed by atoms with van der Waals surface area (Å²) in [6.45, 7) is 2.08. The molecule has 0 N–H and O–H groups in total. The van der Waals surface area contributed by atoms with Crippen LogP contribution in [0.4, 0.5) is 0 Å². The van der Waals surface area contributed by atoms with E-state index in [0.29, 0.717) is 0 Å². The minimum absolute atomic E-state index is 0.0628. The van der Waals surface area contributed by atoms with Gasteiger partial charge in [-0.2, -0.15) is 0 Å². The Balaban J connectivity index is 2.45. The molecular formula is C15H13BrO. The smallest absolute Gasteiger partial charge is 0.194 e. The zero-order chi connectivity index (χ0) is 12.3. The van der Waals surface area contributed by atoms with Gasteiger partial charge in [0, 0.05) is 15.6 Å². The fourth-order valence-corrected chi connectivity index (χ4v) is 2.50. The third-order valence-electron chi connectivity index (χ3n) is 2.74. The molecule has 2 aromatic rings. The summed E-state index contributed by atoms with van der Waals surface area (Å²) >= 11 is 3.52. The third kappa shape index (κ3) is 2.47. The zero-order valence-electron chi connectivity index (χ0n) is 9.61. The molecule has 0 atom stereocenters. The van der Waals surface area contributed by atoms with E-state index >= 15 is 0 Å². The van der Waals surface area contributed by atoms with Gasteiger partial charge in [0.05, 0.1) is 0 Å². The lowest BCUT2D eigenvalue weighted by Crippen LogP contribution is -2.03. The van der Waals surface area contributed by atoms with E-state index in [1.165, 1.54) is 0 Å². The average molecular weight is 289 g/mol. The first-order valence-corrected chi connectivity index (χ1v) is 6.40. The van der Waals surface area contributed by atoms with E-state index in [1.807, 2.05) is 48.5 Å². The van der Waals surface area contributed by atoms with Crippen LogP contribution in [0.25, 0.3) is 0 Å². The van der Waals surface area contributed by atoms with Crippen molar-refractivity contribution in [3.05, 3.63) is 69.7 Å². The topological polar surface area (TPSA) is 17.1 Å². The highest BCUT2D eigenvalue weighted by Gasteiger charge is 2.13. The number of benzene rings is 2. The van der Waals surface area contributed by atoms with Gasteiger partial charge in [-0.05, 0) is 34.0 Å². The van der Waals surface area contributed by atoms with Crippen molar-refractivity contribution in [1.82, 2.24) is 0 Å². The molecular weight excluding hydrogens is 276 g/mol. The van der Waals surface area contributed by atoms with E-state index in [2.05, 4.69) is 22.9 Å². The van der Waals surface area contributed by atoms with Gasteiger partial charge in [-0.15, -0.1) is 0 Å². The Hall–Kier alpha value is -1.41. The fourth-order valence-electron chi connectivity index (χ4n) is 1.77. The summed E-state index contributed by atoms with van der Waals surface area (Å²) in [6.07, 6.45) is 0.913. The predicted octanol–water partition coefficient (Wildman–Crippen LogP) is 4.24. The number of halogens is 1. The maximum atomic E-state index is 12.3. The second kappa shape index (κ2) is 5.28. The second-order valence-electron chi connectivity index (χ2n) is 3.83. The first-order chi connectivity index (χ1) is 8.24. The maximum absolute atomic E-state index is 12.3. The van der Waals surface area contributed by atoms with Crippen molar-refractivity contribution in [2.24, 2.45) is 0 Å². The highest BCUT2D eigenvalue weighted by molar-refractivity contribution is 9.10. The van der Waals surface area contributed by atoms with E-state index in [-0.39, 0.29) is 5.78 Å². The van der Waals surface area contributed by atoms with Gasteiger partial charge in [-0.25, -0.2) is 0 Å². The molecule has 0 amide bonds. The van der Waals surface area contributed by atoms with Crippen LogP contribution in [0.3, 0.4) is 0 Å². The molecule has 0 aliphatic rings. The van der Waals surface area contributed by atoms with Crippen molar-refractivity contribution in [2.75, 3.05) is 0 Å². The van der Waals surface area contributed by atoms with E-state index < -0.39 is 0 Å². The highest BCUT2D eigenvalue weighted by atomic mass is 79.9. The summed E-state index contributed by atoms with van der Waals surface area (Å²) in [4.78, 5) is 12.3. The minimum atomic E-state index is 0.0628. The van der Waals surface area contributed by atoms with E-state index in [9.17, 15) is 4.79 Å². The van der Waals surface area contributed by atoms with Gasteiger partial charge in [0.1, 0.15) is 0 Å². The molecule has 1 nitrogen and oxygen atoms in total. The highest BCUT2D eigenvalue weighted by Crippen LogP contribution is 2.24. The molecule has 0 heterocycles. The maximum Gasteiger partial charge on any atom is 0.194 e. The molecule has 2 rings (SSSR count). The lowest BCUT2D eigenvalue weighted by Gasteiger charge is -2.07. The number of aryl methyl sites for hydroxylation is 1. The molecule has 0 spiro atoms. The van der Waals surface area contributed by atoms with Crippen LogP contribution in [-0.4, -0.2) is 5.78 Å². The standard InChI is InChI=1S/C15H13BrO/c1-2-11-9-6-10-13(14(11)16)15(17)12-7-4-3-5-8-12/h3-10H,2H2,1H3. The van der Waals surface area contributed by atoms with E-state index in [1.54, 1.807) is 0 Å². The van der Waals surface area contributed by atoms with Crippen molar-refractivity contribution in [3.63, 3.8) is 0 Å². The molecule has 0 aliphatic carbocycles. The van der Waals surface area contributed by atoms with Gasteiger partial charge < -0.3 is 0 Å². The number of rotatable bonds is 3. The van der Waals surface area contributed by atoms with Gasteiger partial charge in [0.25, 0.3) is 0 Å². The Morgan fingerprint density at radius 1 is 1.06 bits per heavy atom. The zero-order valence-corrected chi connectivity index (χ0v) is 11.2. The Labute approximate surface area is 110 Å². The van der Waals surface area contributed by atoms with Crippen LogP contribution in [0.15, 0.2) is 53.0 Å². The Bertz CT molecular complexity index is 532. The summed E-state index contributed by atoms with van der Waals surface area (Å²) in [5.74, 6) is 0.0628. The SMILES string of the molecule is CCc1cccc(C(=O)c2ccccc2)c1Br. The molecule has 0 saturated heterocycles. The van der Waals surface area contributed by atoms with Crippen molar-refractivity contribution in [2.45, 2.75) is 13.3 Å². The molecule has 0 radical (unpaired) electrons. The largest absolute Gasteiger partial charge is 0.289 e. The van der Waals surface area contributed by atoms with Crippen LogP contribution < -0.4 is 0 Å². The Kier molecular flexibility index (Phi) is 3.75. The number of carbonyl (C=O) groups is 1. The van der Waals surface area contributed by atoms with Gasteiger partial charge in [-0.1, -0.05) is 49.4 Å². The number of hydrogen-bond acceptors (Lipinski definition) is 1. The van der Waals surface area contributed by atoms with Crippen LogP contribution in [0, 0.1) is 0 Å². The van der Waals surface area contributed by atoms with Crippen molar-refractivity contribution in [3.8, 4) is 0 Å². The monoisotopic (exact) mass is 288 g/mol. The fraction of sp³-hybridized carbons (Fsp3) is 0.133. The second-order valence-corrected chi connectivity index (χ2v) is 4.62. The van der Waals surface area contributed by atoms with Gasteiger partial charge >= 0.3 is 0 Å². The summed E-state index contributed by atoms with van der Waals surface area (Å²) in [7, 11) is 0. The third-order valence-corrected chi connectivity index (χ3v) is 3.68. The molecule has 2 aromatic carbocycles. The van der Waals surface area contributed by atoms with Crippen LogP contribution in [0.1, 0.15) is 28.4 Å². The van der Waals surface area contributed by atoms with E-state index in [4.69, 9.17) is 0 Å². The summed E-state index contributed by atoms with van der Waals surface area (Å²) in [6, 6.07) is 15.2. The number of ketones is 1. The minimum Gasteiger partial charge on any atom is -0.289 e. The Morgan fingerprint density at radius 2 is 1.76 bits per heavy atom. The molecule has 17 heavy (non-hydrogen) atoms. The first kappa shape index (κ1) is 12.1. The lowest BCUT2D eigenvalue weighted by atomic mass is 10.0. The van der Waals surface area contributed by atoms with Crippen molar-refractivity contribution < 1.29 is 4.79 Å². The van der Waals surface area contributed by atoms with Gasteiger partial charge in [0.15, 0.2) is 5.78 Å². The lowest BCUT2D eigenvalue weighted by molar-refractivity contribution is 0.103. The quantitative estimate of drug-likeness (QED) is 0.772. The molecule has 0 fully saturated rings. The van der Waals surface area contributed by atoms with Gasteiger partial charge in [0.2, 0.25) is 0 Å². The van der Waals surface area contributed by atoms with E-state index in [0.717, 1.165) is 27.6 Å². The molecule has 0 saturated carbocycles. The molecule has 0 unspecified atom stereocenters. The van der Waals surface area contributed by atoms with Crippen molar-refractivity contribution in [1.29, 1.82) is 0 Å².